The van der Waals surface area contributed by atoms with Gasteiger partial charge in [0.1, 0.15) is 0 Å². The van der Waals surface area contributed by atoms with E-state index in [2.05, 4.69) is 6.07 Å². The molecule has 0 saturated carbocycles. The van der Waals surface area contributed by atoms with E-state index in [9.17, 15) is 9.90 Å². The third-order valence-corrected chi connectivity index (χ3v) is 5.57. The zero-order valence-electron chi connectivity index (χ0n) is 12.3. The molecule has 5 heteroatoms. The van der Waals surface area contributed by atoms with Crippen LogP contribution in [0.1, 0.15) is 39.4 Å². The Balaban J connectivity index is 1.75. The van der Waals surface area contributed by atoms with Crippen LogP contribution in [0.3, 0.4) is 0 Å². The molecular formula is C16H23NO3S. The number of ether oxygens (including phenoxy) is 1. The first kappa shape index (κ1) is 15.0. The lowest BCUT2D eigenvalue weighted by atomic mass is 10.1. The van der Waals surface area contributed by atoms with E-state index >= 15 is 0 Å². The fourth-order valence-electron chi connectivity index (χ4n) is 3.10. The minimum atomic E-state index is 0.0363. The van der Waals surface area contributed by atoms with Crippen LogP contribution in [-0.4, -0.2) is 48.8 Å². The second-order valence-electron chi connectivity index (χ2n) is 5.99. The zero-order valence-corrected chi connectivity index (χ0v) is 13.2. The molecule has 1 aliphatic heterocycles. The number of aliphatic hydroxyl groups excluding tert-OH is 1. The molecule has 1 aromatic rings. The smallest absolute Gasteiger partial charge is 0.264 e. The molecule has 116 valence electrons. The first-order valence-electron chi connectivity index (χ1n) is 7.87. The molecule has 4 nitrogen and oxygen atoms in total. The maximum Gasteiger partial charge on any atom is 0.264 e. The summed E-state index contributed by atoms with van der Waals surface area (Å²) in [5.74, 6) is 0.145. The number of amides is 1. The van der Waals surface area contributed by atoms with Crippen LogP contribution in [0, 0.1) is 5.92 Å². The Bertz CT molecular complexity index is 476. The van der Waals surface area contributed by atoms with E-state index < -0.39 is 0 Å². The molecule has 1 fully saturated rings. The molecule has 0 bridgehead atoms. The molecule has 0 spiro atoms. The molecule has 1 atom stereocenters. The molecule has 1 amide bonds. The first-order valence-corrected chi connectivity index (χ1v) is 8.69. The normalized spacial score (nSPS) is 23.3. The second kappa shape index (κ2) is 6.90. The van der Waals surface area contributed by atoms with Crippen LogP contribution in [0.15, 0.2) is 6.07 Å². The molecule has 0 unspecified atom stereocenters. The van der Waals surface area contributed by atoms with Crippen molar-refractivity contribution in [3.63, 3.8) is 0 Å². The molecule has 3 rings (SSSR count). The van der Waals surface area contributed by atoms with E-state index in [4.69, 9.17) is 4.74 Å². The molecular weight excluding hydrogens is 286 g/mol. The Kier molecular flexibility index (Phi) is 4.93. The van der Waals surface area contributed by atoms with E-state index in [1.165, 1.54) is 29.7 Å². The maximum atomic E-state index is 12.7. The molecule has 21 heavy (non-hydrogen) atoms. The lowest BCUT2D eigenvalue weighted by Crippen LogP contribution is -2.36. The van der Waals surface area contributed by atoms with Gasteiger partial charge >= 0.3 is 0 Å². The van der Waals surface area contributed by atoms with E-state index in [1.807, 2.05) is 4.90 Å². The van der Waals surface area contributed by atoms with Crippen molar-refractivity contribution in [3.8, 4) is 0 Å². The van der Waals surface area contributed by atoms with Gasteiger partial charge in [-0.1, -0.05) is 6.42 Å². The number of carbonyl (C=O) groups is 1. The molecule has 2 aliphatic rings. The van der Waals surface area contributed by atoms with Gasteiger partial charge in [-0.25, -0.2) is 0 Å². The van der Waals surface area contributed by atoms with Crippen molar-refractivity contribution in [2.24, 2.45) is 5.92 Å². The van der Waals surface area contributed by atoms with Gasteiger partial charge in [0.15, 0.2) is 0 Å². The molecule has 1 saturated heterocycles. The number of carbonyl (C=O) groups excluding carboxylic acids is 1. The largest absolute Gasteiger partial charge is 0.396 e. The predicted molar refractivity (Wildman–Crippen MR) is 82.9 cm³/mol. The summed E-state index contributed by atoms with van der Waals surface area (Å²) in [6, 6.07) is 2.10. The van der Waals surface area contributed by atoms with Gasteiger partial charge in [-0.2, -0.15) is 0 Å². The highest BCUT2D eigenvalue weighted by Crippen LogP contribution is 2.30. The summed E-state index contributed by atoms with van der Waals surface area (Å²) in [6.45, 7) is 2.40. The summed E-state index contributed by atoms with van der Waals surface area (Å²) in [5.41, 5.74) is 1.38. The van der Waals surface area contributed by atoms with Crippen molar-refractivity contribution in [2.75, 3.05) is 32.9 Å². The van der Waals surface area contributed by atoms with Crippen molar-refractivity contribution in [1.29, 1.82) is 0 Å². The minimum absolute atomic E-state index is 0.0363. The van der Waals surface area contributed by atoms with Crippen LogP contribution in [0.2, 0.25) is 0 Å². The number of aryl methyl sites for hydroxylation is 2. The van der Waals surface area contributed by atoms with Gasteiger partial charge in [-0.15, -0.1) is 11.3 Å². The summed E-state index contributed by atoms with van der Waals surface area (Å²) in [4.78, 5) is 16.8. The zero-order chi connectivity index (χ0) is 14.7. The predicted octanol–water partition coefficient (Wildman–Crippen LogP) is 2.10. The van der Waals surface area contributed by atoms with Crippen LogP contribution in [0.4, 0.5) is 0 Å². The highest BCUT2D eigenvalue weighted by Gasteiger charge is 2.25. The van der Waals surface area contributed by atoms with Crippen LogP contribution in [0.25, 0.3) is 0 Å². The van der Waals surface area contributed by atoms with Crippen molar-refractivity contribution < 1.29 is 14.6 Å². The number of hydrogen-bond donors (Lipinski definition) is 1. The Morgan fingerprint density at radius 3 is 3.10 bits per heavy atom. The average Bonchev–Trinajstić information content (AvgIpc) is 2.70. The van der Waals surface area contributed by atoms with Gasteiger partial charge in [0.2, 0.25) is 0 Å². The number of hydrogen-bond acceptors (Lipinski definition) is 4. The highest BCUT2D eigenvalue weighted by atomic mass is 32.1. The van der Waals surface area contributed by atoms with E-state index in [-0.39, 0.29) is 18.4 Å². The van der Waals surface area contributed by atoms with Gasteiger partial charge in [0.25, 0.3) is 5.91 Å². The SMILES string of the molecule is O=C(c1cc2c(s1)CCCCC2)N1CCOC[C@H](CO)C1. The Morgan fingerprint density at radius 2 is 2.24 bits per heavy atom. The molecule has 0 aromatic carbocycles. The number of rotatable bonds is 2. The lowest BCUT2D eigenvalue weighted by Gasteiger charge is -2.21. The Morgan fingerprint density at radius 1 is 1.38 bits per heavy atom. The number of aliphatic hydroxyl groups is 1. The van der Waals surface area contributed by atoms with E-state index in [0.717, 1.165) is 17.7 Å². The van der Waals surface area contributed by atoms with Crippen LogP contribution in [0.5, 0.6) is 0 Å². The highest BCUT2D eigenvalue weighted by molar-refractivity contribution is 7.14. The fraction of sp³-hybridized carbons (Fsp3) is 0.688. The first-order chi connectivity index (χ1) is 10.3. The number of thiophene rings is 1. The van der Waals surface area contributed by atoms with Crippen molar-refractivity contribution in [3.05, 3.63) is 21.4 Å². The third-order valence-electron chi connectivity index (χ3n) is 4.34. The Hall–Kier alpha value is -0.910. The molecule has 1 N–H and O–H groups in total. The minimum Gasteiger partial charge on any atom is -0.396 e. The van der Waals surface area contributed by atoms with Gasteiger partial charge in [0.05, 0.1) is 18.1 Å². The Labute approximate surface area is 129 Å². The fourth-order valence-corrected chi connectivity index (χ4v) is 4.33. The summed E-state index contributed by atoms with van der Waals surface area (Å²) in [5, 5.41) is 9.33. The third kappa shape index (κ3) is 3.47. The maximum absolute atomic E-state index is 12.7. The van der Waals surface area contributed by atoms with Crippen LogP contribution in [-0.2, 0) is 17.6 Å². The summed E-state index contributed by atoms with van der Waals surface area (Å²) in [7, 11) is 0. The van der Waals surface area contributed by atoms with Crippen LogP contribution < -0.4 is 0 Å². The summed E-state index contributed by atoms with van der Waals surface area (Å²) >= 11 is 1.67. The van der Waals surface area contributed by atoms with E-state index in [0.29, 0.717) is 26.3 Å². The average molecular weight is 309 g/mol. The number of nitrogens with zero attached hydrogens (tertiary/aromatic N) is 1. The monoisotopic (exact) mass is 309 g/mol. The molecule has 1 aliphatic carbocycles. The van der Waals surface area contributed by atoms with Gasteiger partial charge in [-0.3, -0.25) is 4.79 Å². The van der Waals surface area contributed by atoms with Crippen LogP contribution >= 0.6 is 11.3 Å². The van der Waals surface area contributed by atoms with Gasteiger partial charge in [0, 0.05) is 30.5 Å². The lowest BCUT2D eigenvalue weighted by molar-refractivity contribution is 0.0733. The number of fused-ring (bicyclic) bond motifs is 1. The topological polar surface area (TPSA) is 49.8 Å². The molecule has 1 aromatic heterocycles. The van der Waals surface area contributed by atoms with Crippen molar-refractivity contribution >= 4 is 17.2 Å². The van der Waals surface area contributed by atoms with Crippen molar-refractivity contribution in [2.45, 2.75) is 32.1 Å². The van der Waals surface area contributed by atoms with Gasteiger partial charge in [-0.05, 0) is 37.3 Å². The standard InChI is InChI=1S/C16H23NO3S/c18-10-12-9-17(6-7-20-11-12)16(19)15-8-13-4-2-1-3-5-14(13)21-15/h8,12,18H,1-7,9-11H2/t12-/m0/s1. The van der Waals surface area contributed by atoms with E-state index in [1.54, 1.807) is 11.3 Å². The molecule has 0 radical (unpaired) electrons. The van der Waals surface area contributed by atoms with Gasteiger partial charge < -0.3 is 14.7 Å². The summed E-state index contributed by atoms with van der Waals surface area (Å²) in [6.07, 6.45) is 6.01. The van der Waals surface area contributed by atoms with Crippen molar-refractivity contribution in [1.82, 2.24) is 4.90 Å². The second-order valence-corrected chi connectivity index (χ2v) is 7.13. The molecule has 2 heterocycles. The summed E-state index contributed by atoms with van der Waals surface area (Å²) < 4.78 is 5.46. The quantitative estimate of drug-likeness (QED) is 0.851.